The molecule has 0 saturated carbocycles. The van der Waals surface area contributed by atoms with Crippen molar-refractivity contribution >= 4 is 17.2 Å². The van der Waals surface area contributed by atoms with Crippen LogP contribution >= 0.6 is 11.6 Å². The fourth-order valence-corrected chi connectivity index (χ4v) is 1.84. The second kappa shape index (κ2) is 4.10. The maximum atomic E-state index is 5.93. The van der Waals surface area contributed by atoms with Gasteiger partial charge in [0.05, 0.1) is 0 Å². The minimum absolute atomic E-state index is 0.359. The molecule has 0 aliphatic carbocycles. The van der Waals surface area contributed by atoms with Gasteiger partial charge in [-0.1, -0.05) is 17.7 Å². The van der Waals surface area contributed by atoms with Gasteiger partial charge in [-0.25, -0.2) is 4.98 Å². The van der Waals surface area contributed by atoms with Crippen molar-refractivity contribution < 1.29 is 0 Å². The first-order chi connectivity index (χ1) is 8.34. The Morgan fingerprint density at radius 3 is 3.00 bits per heavy atom. The molecule has 0 aromatic carbocycles. The lowest BCUT2D eigenvalue weighted by Crippen LogP contribution is -1.97. The zero-order valence-corrected chi connectivity index (χ0v) is 9.54. The molecule has 6 heteroatoms. The van der Waals surface area contributed by atoms with Crippen LogP contribution < -0.4 is 0 Å². The van der Waals surface area contributed by atoms with Gasteiger partial charge in [0.15, 0.2) is 10.8 Å². The molecular weight excluding hydrogens is 238 g/mol. The fraction of sp³-hybridized carbons (Fsp3) is 0.0909. The van der Waals surface area contributed by atoms with Crippen molar-refractivity contribution in [1.82, 2.24) is 24.6 Å². The van der Waals surface area contributed by atoms with Crippen molar-refractivity contribution in [2.75, 3.05) is 0 Å². The summed E-state index contributed by atoms with van der Waals surface area (Å²) >= 11 is 5.93. The molecule has 0 aliphatic rings. The van der Waals surface area contributed by atoms with Crippen molar-refractivity contribution in [3.8, 4) is 0 Å². The first-order valence-corrected chi connectivity index (χ1v) is 5.45. The summed E-state index contributed by atoms with van der Waals surface area (Å²) in [6, 6.07) is 3.89. The van der Waals surface area contributed by atoms with Crippen LogP contribution in [0.4, 0.5) is 0 Å². The summed E-state index contributed by atoms with van der Waals surface area (Å²) in [6.45, 7) is 0. The van der Waals surface area contributed by atoms with E-state index >= 15 is 0 Å². The van der Waals surface area contributed by atoms with Gasteiger partial charge in [0.25, 0.3) is 0 Å². The summed E-state index contributed by atoms with van der Waals surface area (Å²) in [5, 5.41) is 8.48. The molecule has 3 heterocycles. The third-order valence-electron chi connectivity index (χ3n) is 2.44. The molecule has 3 aromatic rings. The van der Waals surface area contributed by atoms with Crippen LogP contribution in [-0.2, 0) is 6.42 Å². The maximum absolute atomic E-state index is 5.93. The molecule has 3 aromatic heterocycles. The van der Waals surface area contributed by atoms with Crippen LogP contribution in [0.5, 0.6) is 0 Å². The number of halogens is 1. The van der Waals surface area contributed by atoms with E-state index in [1.807, 2.05) is 22.7 Å². The summed E-state index contributed by atoms with van der Waals surface area (Å²) in [5.41, 5.74) is 1.66. The Labute approximate surface area is 102 Å². The molecule has 0 fully saturated rings. The number of hydrogen-bond acceptors (Lipinski definition) is 4. The highest BCUT2D eigenvalue weighted by molar-refractivity contribution is 6.32. The summed E-state index contributed by atoms with van der Waals surface area (Å²) < 4.78 is 1.84. The number of rotatable bonds is 2. The van der Waals surface area contributed by atoms with E-state index in [1.54, 1.807) is 18.6 Å². The summed E-state index contributed by atoms with van der Waals surface area (Å²) in [6.07, 6.45) is 7.64. The van der Waals surface area contributed by atoms with Crippen LogP contribution in [0.2, 0.25) is 5.15 Å². The highest BCUT2D eigenvalue weighted by atomic mass is 35.5. The number of nitrogens with zero attached hydrogens (tertiary/aromatic N) is 5. The standard InChI is InChI=1S/C11H8ClN5/c12-10-11-16-15-9(17(11)5-4-14-10)6-8-2-1-3-13-7-8/h1-5,7H,6H2. The average molecular weight is 246 g/mol. The summed E-state index contributed by atoms with van der Waals surface area (Å²) in [4.78, 5) is 8.02. The normalized spacial score (nSPS) is 10.9. The van der Waals surface area contributed by atoms with Crippen LogP contribution in [0.15, 0.2) is 36.9 Å². The van der Waals surface area contributed by atoms with Crippen LogP contribution in [-0.4, -0.2) is 24.6 Å². The van der Waals surface area contributed by atoms with Crippen LogP contribution in [0, 0.1) is 0 Å². The Balaban J connectivity index is 2.05. The van der Waals surface area contributed by atoms with Crippen molar-refractivity contribution in [2.45, 2.75) is 6.42 Å². The van der Waals surface area contributed by atoms with Crippen molar-refractivity contribution in [3.05, 3.63) is 53.5 Å². The molecule has 0 unspecified atom stereocenters. The largest absolute Gasteiger partial charge is 0.282 e. The van der Waals surface area contributed by atoms with E-state index in [4.69, 9.17) is 11.6 Å². The molecule has 0 aliphatic heterocycles. The number of hydrogen-bond donors (Lipinski definition) is 0. The van der Waals surface area contributed by atoms with E-state index < -0.39 is 0 Å². The third kappa shape index (κ3) is 1.85. The van der Waals surface area contributed by atoms with E-state index in [-0.39, 0.29) is 0 Å². The molecule has 3 rings (SSSR count). The molecule has 17 heavy (non-hydrogen) atoms. The van der Waals surface area contributed by atoms with E-state index in [2.05, 4.69) is 20.2 Å². The van der Waals surface area contributed by atoms with E-state index in [9.17, 15) is 0 Å². The summed E-state index contributed by atoms with van der Waals surface area (Å²) in [7, 11) is 0. The topological polar surface area (TPSA) is 56.0 Å². The van der Waals surface area contributed by atoms with Gasteiger partial charge in [-0.05, 0) is 11.6 Å². The summed E-state index contributed by atoms with van der Waals surface area (Å²) in [5.74, 6) is 0.817. The van der Waals surface area contributed by atoms with E-state index in [1.165, 1.54) is 0 Å². The van der Waals surface area contributed by atoms with Gasteiger partial charge in [0, 0.05) is 31.2 Å². The van der Waals surface area contributed by atoms with Gasteiger partial charge in [-0.2, -0.15) is 0 Å². The second-order valence-corrected chi connectivity index (χ2v) is 3.92. The molecule has 0 amide bonds. The molecule has 0 saturated heterocycles. The molecule has 0 atom stereocenters. The number of fused-ring (bicyclic) bond motifs is 1. The SMILES string of the molecule is Clc1nccn2c(Cc3cccnc3)nnc12. The van der Waals surface area contributed by atoms with Gasteiger partial charge in [0.1, 0.15) is 5.82 Å². The van der Waals surface area contributed by atoms with Gasteiger partial charge in [0.2, 0.25) is 0 Å². The monoisotopic (exact) mass is 245 g/mol. The van der Waals surface area contributed by atoms with Gasteiger partial charge in [-0.3, -0.25) is 9.38 Å². The maximum Gasteiger partial charge on any atom is 0.198 e. The fourth-order valence-electron chi connectivity index (χ4n) is 1.65. The first kappa shape index (κ1) is 10.2. The lowest BCUT2D eigenvalue weighted by Gasteiger charge is -1.99. The highest BCUT2D eigenvalue weighted by Gasteiger charge is 2.09. The highest BCUT2D eigenvalue weighted by Crippen LogP contribution is 2.14. The molecule has 0 radical (unpaired) electrons. The van der Waals surface area contributed by atoms with Crippen LogP contribution in [0.3, 0.4) is 0 Å². The van der Waals surface area contributed by atoms with Crippen molar-refractivity contribution in [2.24, 2.45) is 0 Å². The zero-order chi connectivity index (χ0) is 11.7. The molecule has 5 nitrogen and oxygen atoms in total. The van der Waals surface area contributed by atoms with Gasteiger partial charge in [-0.15, -0.1) is 10.2 Å². The minimum Gasteiger partial charge on any atom is -0.282 e. The third-order valence-corrected chi connectivity index (χ3v) is 2.71. The smallest absolute Gasteiger partial charge is 0.198 e. The molecular formula is C11H8ClN5. The Morgan fingerprint density at radius 2 is 2.18 bits per heavy atom. The van der Waals surface area contributed by atoms with E-state index in [0.717, 1.165) is 11.4 Å². The average Bonchev–Trinajstić information content (AvgIpc) is 2.76. The second-order valence-electron chi connectivity index (χ2n) is 3.57. The van der Waals surface area contributed by atoms with Gasteiger partial charge >= 0.3 is 0 Å². The Morgan fingerprint density at radius 1 is 1.24 bits per heavy atom. The van der Waals surface area contributed by atoms with E-state index in [0.29, 0.717) is 17.2 Å². The first-order valence-electron chi connectivity index (χ1n) is 5.07. The van der Waals surface area contributed by atoms with Crippen molar-refractivity contribution in [1.29, 1.82) is 0 Å². The Hall–Kier alpha value is -2.01. The molecule has 0 spiro atoms. The van der Waals surface area contributed by atoms with Crippen LogP contribution in [0.25, 0.3) is 5.65 Å². The quantitative estimate of drug-likeness (QED) is 0.690. The predicted molar refractivity (Wildman–Crippen MR) is 62.8 cm³/mol. The minimum atomic E-state index is 0.359. The lowest BCUT2D eigenvalue weighted by atomic mass is 10.2. The molecule has 84 valence electrons. The van der Waals surface area contributed by atoms with Gasteiger partial charge < -0.3 is 0 Å². The predicted octanol–water partition coefficient (Wildman–Crippen LogP) is 1.76. The number of aromatic nitrogens is 5. The molecule has 0 bridgehead atoms. The zero-order valence-electron chi connectivity index (χ0n) is 8.79. The Bertz CT molecular complexity index is 649. The van der Waals surface area contributed by atoms with Crippen LogP contribution in [0.1, 0.15) is 11.4 Å². The Kier molecular flexibility index (Phi) is 2.45. The molecule has 0 N–H and O–H groups in total. The van der Waals surface area contributed by atoms with Crippen molar-refractivity contribution in [3.63, 3.8) is 0 Å². The lowest BCUT2D eigenvalue weighted by molar-refractivity contribution is 0.926. The number of pyridine rings is 1.